The molecule has 0 spiro atoms. The van der Waals surface area contributed by atoms with Crippen LogP contribution in [0.25, 0.3) is 0 Å². The topological polar surface area (TPSA) is 71.1 Å². The number of aryl methyl sites for hydroxylation is 1. The average Bonchev–Trinajstić information content (AvgIpc) is 2.91. The first kappa shape index (κ1) is 18.1. The molecule has 1 heterocycles. The molecule has 2 N–H and O–H groups in total. The number of carbonyl (C=O) groups is 2. The highest BCUT2D eigenvalue weighted by molar-refractivity contribution is 7.15. The maximum Gasteiger partial charge on any atom is 0.248 e. The number of hydrogen-bond acceptors (Lipinski definition) is 4. The van der Waals surface area contributed by atoms with E-state index in [2.05, 4.69) is 40.7 Å². The third kappa shape index (κ3) is 5.16. The summed E-state index contributed by atoms with van der Waals surface area (Å²) in [6.07, 6.45) is 2.57. The van der Waals surface area contributed by atoms with Gasteiger partial charge in [-0.1, -0.05) is 43.7 Å². The summed E-state index contributed by atoms with van der Waals surface area (Å²) >= 11 is 1.45. The first-order valence-electron chi connectivity index (χ1n) is 7.93. The Morgan fingerprint density at radius 2 is 2.04 bits per heavy atom. The fourth-order valence-corrected chi connectivity index (χ4v) is 3.26. The molecule has 0 aliphatic rings. The molecule has 0 bridgehead atoms. The molecule has 128 valence electrons. The number of amides is 2. The zero-order chi connectivity index (χ0) is 17.7. The molecule has 0 unspecified atom stereocenters. The predicted octanol–water partition coefficient (Wildman–Crippen LogP) is 3.14. The van der Waals surface area contributed by atoms with Crippen molar-refractivity contribution in [1.29, 1.82) is 0 Å². The van der Waals surface area contributed by atoms with Crippen molar-refractivity contribution < 1.29 is 9.59 Å². The van der Waals surface area contributed by atoms with Crippen molar-refractivity contribution in [2.45, 2.75) is 40.2 Å². The third-order valence-corrected chi connectivity index (χ3v) is 4.47. The molecule has 0 saturated carbocycles. The van der Waals surface area contributed by atoms with Crippen LogP contribution in [0.5, 0.6) is 0 Å². The summed E-state index contributed by atoms with van der Waals surface area (Å²) in [6.45, 7) is 7.26. The van der Waals surface area contributed by atoms with Crippen molar-refractivity contribution in [2.24, 2.45) is 5.92 Å². The molecule has 1 aromatic heterocycles. The fourth-order valence-electron chi connectivity index (χ4n) is 2.41. The molecule has 0 saturated heterocycles. The van der Waals surface area contributed by atoms with Crippen LogP contribution >= 0.6 is 11.3 Å². The van der Waals surface area contributed by atoms with E-state index in [1.54, 1.807) is 6.20 Å². The van der Waals surface area contributed by atoms with Gasteiger partial charge in [-0.05, 0) is 18.4 Å². The van der Waals surface area contributed by atoms with Gasteiger partial charge in [0.25, 0.3) is 0 Å². The Morgan fingerprint density at radius 3 is 2.67 bits per heavy atom. The zero-order valence-electron chi connectivity index (χ0n) is 14.4. The number of thiazole rings is 1. The van der Waals surface area contributed by atoms with Crippen LogP contribution in [0.4, 0.5) is 5.13 Å². The molecule has 2 amide bonds. The van der Waals surface area contributed by atoms with E-state index in [0.29, 0.717) is 5.13 Å². The van der Waals surface area contributed by atoms with Gasteiger partial charge in [0.15, 0.2) is 5.13 Å². The van der Waals surface area contributed by atoms with Crippen LogP contribution in [0.2, 0.25) is 0 Å². The largest absolute Gasteiger partial charge is 0.344 e. The van der Waals surface area contributed by atoms with Crippen LogP contribution in [-0.2, 0) is 16.0 Å². The van der Waals surface area contributed by atoms with Crippen LogP contribution in [0.15, 0.2) is 30.5 Å². The smallest absolute Gasteiger partial charge is 0.248 e. The van der Waals surface area contributed by atoms with Gasteiger partial charge < -0.3 is 10.6 Å². The number of nitrogens with zero attached hydrogens (tertiary/aromatic N) is 1. The number of hydrogen-bond donors (Lipinski definition) is 2. The molecule has 24 heavy (non-hydrogen) atoms. The van der Waals surface area contributed by atoms with Crippen molar-refractivity contribution >= 4 is 28.3 Å². The highest BCUT2D eigenvalue weighted by Gasteiger charge is 2.23. The highest BCUT2D eigenvalue weighted by atomic mass is 32.1. The Kier molecular flexibility index (Phi) is 6.09. The van der Waals surface area contributed by atoms with Gasteiger partial charge in [0, 0.05) is 24.4 Å². The lowest BCUT2D eigenvalue weighted by molar-refractivity contribution is -0.126. The Hall–Kier alpha value is -2.21. The van der Waals surface area contributed by atoms with Crippen LogP contribution < -0.4 is 10.6 Å². The highest BCUT2D eigenvalue weighted by Crippen LogP contribution is 2.22. The fraction of sp³-hybridized carbons (Fsp3) is 0.389. The second kappa shape index (κ2) is 8.06. The number of carbonyl (C=O) groups excluding carboxylic acids is 2. The number of nitrogens with one attached hydrogen (secondary N) is 2. The number of benzene rings is 1. The van der Waals surface area contributed by atoms with E-state index in [4.69, 9.17) is 0 Å². The van der Waals surface area contributed by atoms with Crippen molar-refractivity contribution in [3.8, 4) is 0 Å². The average molecular weight is 345 g/mol. The molecule has 1 atom stereocenters. The summed E-state index contributed by atoms with van der Waals surface area (Å²) in [5, 5.41) is 6.03. The Balaban J connectivity index is 2.02. The van der Waals surface area contributed by atoms with E-state index >= 15 is 0 Å². The van der Waals surface area contributed by atoms with Gasteiger partial charge in [0.05, 0.1) is 0 Å². The Morgan fingerprint density at radius 1 is 1.29 bits per heavy atom. The van der Waals surface area contributed by atoms with Crippen molar-refractivity contribution in [2.75, 3.05) is 5.32 Å². The van der Waals surface area contributed by atoms with Gasteiger partial charge in [0.1, 0.15) is 6.04 Å². The summed E-state index contributed by atoms with van der Waals surface area (Å²) in [4.78, 5) is 28.9. The Labute approximate surface area is 146 Å². The summed E-state index contributed by atoms with van der Waals surface area (Å²) in [7, 11) is 0. The summed E-state index contributed by atoms with van der Waals surface area (Å²) in [5.41, 5.74) is 2.44. The Bertz CT molecular complexity index is 725. The summed E-state index contributed by atoms with van der Waals surface area (Å²) < 4.78 is 0. The predicted molar refractivity (Wildman–Crippen MR) is 97.2 cm³/mol. The van der Waals surface area contributed by atoms with Gasteiger partial charge in [-0.25, -0.2) is 4.98 Å². The molecule has 2 aromatic rings. The number of anilines is 1. The van der Waals surface area contributed by atoms with Gasteiger partial charge in [0.2, 0.25) is 11.8 Å². The van der Waals surface area contributed by atoms with E-state index in [0.717, 1.165) is 11.3 Å². The lowest BCUT2D eigenvalue weighted by atomic mass is 10.0. The molecule has 0 aliphatic carbocycles. The monoisotopic (exact) mass is 345 g/mol. The molecule has 0 aliphatic heterocycles. The number of rotatable bonds is 6. The number of aromatic nitrogens is 1. The molecule has 0 fully saturated rings. The van der Waals surface area contributed by atoms with E-state index in [1.165, 1.54) is 29.4 Å². The van der Waals surface area contributed by atoms with Crippen LogP contribution in [0.1, 0.15) is 36.8 Å². The maximum atomic E-state index is 12.3. The minimum absolute atomic E-state index is 0.000580. The normalized spacial score (nSPS) is 12.0. The molecule has 2 rings (SSSR count). The first-order chi connectivity index (χ1) is 11.3. The third-order valence-electron chi connectivity index (χ3n) is 3.55. The second-order valence-corrected chi connectivity index (χ2v) is 7.32. The lowest BCUT2D eigenvalue weighted by Gasteiger charge is -2.20. The van der Waals surface area contributed by atoms with Gasteiger partial charge in [-0.3, -0.25) is 9.59 Å². The minimum atomic E-state index is -0.563. The van der Waals surface area contributed by atoms with E-state index in [9.17, 15) is 9.59 Å². The van der Waals surface area contributed by atoms with Crippen molar-refractivity contribution in [3.05, 3.63) is 46.5 Å². The standard InChI is InChI=1S/C18H23N3O2S/c1-11(2)16(20-13(4)22)17(23)21-18-19-10-15(24-18)9-14-7-5-6-12(3)8-14/h5-8,10-11,16H,9H2,1-4H3,(H,20,22)(H,19,21,23)/t16-/m1/s1. The zero-order valence-corrected chi connectivity index (χ0v) is 15.2. The minimum Gasteiger partial charge on any atom is -0.344 e. The van der Waals surface area contributed by atoms with Gasteiger partial charge >= 0.3 is 0 Å². The summed E-state index contributed by atoms with van der Waals surface area (Å²) in [6, 6.07) is 7.76. The molecular formula is C18H23N3O2S. The van der Waals surface area contributed by atoms with Crippen LogP contribution in [0.3, 0.4) is 0 Å². The van der Waals surface area contributed by atoms with Gasteiger partial charge in [-0.15, -0.1) is 11.3 Å². The quantitative estimate of drug-likeness (QED) is 0.845. The van der Waals surface area contributed by atoms with Crippen LogP contribution in [-0.4, -0.2) is 22.8 Å². The van der Waals surface area contributed by atoms with E-state index < -0.39 is 6.04 Å². The van der Waals surface area contributed by atoms with E-state index in [1.807, 2.05) is 19.9 Å². The van der Waals surface area contributed by atoms with Crippen LogP contribution in [0, 0.1) is 12.8 Å². The molecule has 1 aromatic carbocycles. The van der Waals surface area contributed by atoms with E-state index in [-0.39, 0.29) is 17.7 Å². The second-order valence-electron chi connectivity index (χ2n) is 6.21. The summed E-state index contributed by atoms with van der Waals surface area (Å²) in [5.74, 6) is -0.458. The molecule has 6 heteroatoms. The van der Waals surface area contributed by atoms with Crippen molar-refractivity contribution in [1.82, 2.24) is 10.3 Å². The first-order valence-corrected chi connectivity index (χ1v) is 8.75. The molecule has 0 radical (unpaired) electrons. The SMILES string of the molecule is CC(=O)N[C@@H](C(=O)Nc1ncc(Cc2cccc(C)c2)s1)C(C)C. The molecular weight excluding hydrogens is 322 g/mol. The lowest BCUT2D eigenvalue weighted by Crippen LogP contribution is -2.46. The van der Waals surface area contributed by atoms with Crippen molar-refractivity contribution in [3.63, 3.8) is 0 Å². The van der Waals surface area contributed by atoms with Gasteiger partial charge in [-0.2, -0.15) is 0 Å². The maximum absolute atomic E-state index is 12.3. The molecule has 5 nitrogen and oxygen atoms in total.